The summed E-state index contributed by atoms with van der Waals surface area (Å²) in [7, 11) is 1.71. The summed E-state index contributed by atoms with van der Waals surface area (Å²) in [6.07, 6.45) is 3.70. The molecule has 7 heteroatoms. The van der Waals surface area contributed by atoms with E-state index in [-0.39, 0.29) is 42.4 Å². The van der Waals surface area contributed by atoms with Gasteiger partial charge in [-0.1, -0.05) is 26.8 Å². The van der Waals surface area contributed by atoms with E-state index in [1.54, 1.807) is 22.9 Å². The Morgan fingerprint density at radius 1 is 1.14 bits per heavy atom. The molecule has 1 N–H and O–H groups in total. The molecule has 3 aliphatic rings. The van der Waals surface area contributed by atoms with Gasteiger partial charge in [0, 0.05) is 37.4 Å². The second-order valence-electron chi connectivity index (χ2n) is 10.9. The van der Waals surface area contributed by atoms with Gasteiger partial charge in [-0.3, -0.25) is 19.2 Å². The third kappa shape index (κ3) is 3.60. The van der Waals surface area contributed by atoms with Crippen LogP contribution in [0, 0.1) is 16.7 Å². The molecule has 7 nitrogen and oxygen atoms in total. The summed E-state index contributed by atoms with van der Waals surface area (Å²) in [6, 6.07) is -1.02. The molecule has 4 atom stereocenters. The highest BCUT2D eigenvalue weighted by Gasteiger charge is 2.63. The lowest BCUT2D eigenvalue weighted by molar-refractivity contribution is -0.149. The number of carbonyl (C=O) groups excluding carboxylic acids is 4. The molecule has 29 heavy (non-hydrogen) atoms. The Labute approximate surface area is 172 Å². The number of allylic oxidation sites excluding steroid dienone is 1. The highest BCUT2D eigenvalue weighted by atomic mass is 16.2. The zero-order valence-electron chi connectivity index (χ0n) is 18.5. The molecular formula is C22H33N3O4. The lowest BCUT2D eigenvalue weighted by Crippen LogP contribution is -2.59. The molecule has 0 aromatic carbocycles. The smallest absolute Gasteiger partial charge is 0.243 e. The Morgan fingerprint density at radius 2 is 1.76 bits per heavy atom. The van der Waals surface area contributed by atoms with E-state index in [0.717, 1.165) is 0 Å². The van der Waals surface area contributed by atoms with Gasteiger partial charge in [-0.05, 0) is 32.3 Å². The van der Waals surface area contributed by atoms with Crippen LogP contribution in [0.1, 0.15) is 54.4 Å². The van der Waals surface area contributed by atoms with Gasteiger partial charge >= 0.3 is 0 Å². The van der Waals surface area contributed by atoms with Crippen molar-refractivity contribution in [2.45, 2.75) is 72.0 Å². The van der Waals surface area contributed by atoms with Gasteiger partial charge in [0.2, 0.25) is 17.7 Å². The van der Waals surface area contributed by atoms with Crippen molar-refractivity contribution in [3.05, 3.63) is 12.2 Å². The maximum Gasteiger partial charge on any atom is 0.243 e. The lowest BCUT2D eigenvalue weighted by Gasteiger charge is -2.48. The molecule has 0 saturated carbocycles. The molecule has 2 aliphatic heterocycles. The van der Waals surface area contributed by atoms with E-state index in [2.05, 4.69) is 5.32 Å². The number of amides is 3. The van der Waals surface area contributed by atoms with Crippen molar-refractivity contribution in [1.82, 2.24) is 15.1 Å². The van der Waals surface area contributed by atoms with Gasteiger partial charge in [-0.25, -0.2) is 0 Å². The lowest BCUT2D eigenvalue weighted by atomic mass is 9.64. The number of nitrogens with zero attached hydrogens (tertiary/aromatic N) is 2. The number of ketones is 1. The SMILES string of the molecule is CN1C(=O)C[C@H]2C(=O)N(C(C(=O)NC(C)(C)C)C(C)(C)C)CC23C=CC(=O)C[C@@H]13. The summed E-state index contributed by atoms with van der Waals surface area (Å²) in [4.78, 5) is 54.7. The number of rotatable bonds is 2. The molecule has 2 saturated heterocycles. The number of nitrogens with one attached hydrogen (secondary N) is 1. The first-order valence-corrected chi connectivity index (χ1v) is 10.3. The molecule has 0 aromatic heterocycles. The number of hydrogen-bond donors (Lipinski definition) is 1. The fourth-order valence-corrected chi connectivity index (χ4v) is 5.15. The molecule has 0 radical (unpaired) electrons. The summed E-state index contributed by atoms with van der Waals surface area (Å²) in [5.41, 5.74) is -1.54. The second kappa shape index (κ2) is 6.67. The van der Waals surface area contributed by atoms with Crippen LogP contribution in [-0.2, 0) is 19.2 Å². The Kier molecular flexibility index (Phi) is 4.95. The van der Waals surface area contributed by atoms with Crippen molar-refractivity contribution in [2.24, 2.45) is 16.7 Å². The van der Waals surface area contributed by atoms with Gasteiger partial charge < -0.3 is 15.1 Å². The third-order valence-corrected chi connectivity index (χ3v) is 6.39. The fourth-order valence-electron chi connectivity index (χ4n) is 5.15. The van der Waals surface area contributed by atoms with Gasteiger partial charge in [0.15, 0.2) is 5.78 Å². The van der Waals surface area contributed by atoms with Crippen molar-refractivity contribution in [1.29, 1.82) is 0 Å². The first-order chi connectivity index (χ1) is 13.2. The molecule has 2 fully saturated rings. The second-order valence-corrected chi connectivity index (χ2v) is 10.9. The molecule has 1 aliphatic carbocycles. The minimum Gasteiger partial charge on any atom is -0.350 e. The largest absolute Gasteiger partial charge is 0.350 e. The third-order valence-electron chi connectivity index (χ3n) is 6.39. The minimum absolute atomic E-state index is 0.0373. The molecular weight excluding hydrogens is 370 g/mol. The predicted octanol–water partition coefficient (Wildman–Crippen LogP) is 1.52. The van der Waals surface area contributed by atoms with Crippen LogP contribution in [-0.4, -0.2) is 64.5 Å². The molecule has 2 heterocycles. The first-order valence-electron chi connectivity index (χ1n) is 10.3. The van der Waals surface area contributed by atoms with Crippen LogP contribution < -0.4 is 5.32 Å². The summed E-state index contributed by atoms with van der Waals surface area (Å²) in [5, 5.41) is 3.02. The van der Waals surface area contributed by atoms with Crippen molar-refractivity contribution < 1.29 is 19.2 Å². The highest BCUT2D eigenvalue weighted by molar-refractivity contribution is 5.98. The monoisotopic (exact) mass is 403 g/mol. The van der Waals surface area contributed by atoms with Crippen molar-refractivity contribution in [2.75, 3.05) is 13.6 Å². The van der Waals surface area contributed by atoms with Gasteiger partial charge in [-0.15, -0.1) is 0 Å². The van der Waals surface area contributed by atoms with Crippen LogP contribution in [0.2, 0.25) is 0 Å². The zero-order chi connectivity index (χ0) is 21.9. The van der Waals surface area contributed by atoms with Gasteiger partial charge in [0.1, 0.15) is 6.04 Å². The van der Waals surface area contributed by atoms with Crippen LogP contribution in [0.25, 0.3) is 0 Å². The summed E-state index contributed by atoms with van der Waals surface area (Å²) in [6.45, 7) is 11.9. The van der Waals surface area contributed by atoms with Gasteiger partial charge in [-0.2, -0.15) is 0 Å². The van der Waals surface area contributed by atoms with E-state index in [4.69, 9.17) is 0 Å². The summed E-state index contributed by atoms with van der Waals surface area (Å²) in [5.74, 6) is -1.06. The van der Waals surface area contributed by atoms with E-state index in [0.29, 0.717) is 6.54 Å². The van der Waals surface area contributed by atoms with Gasteiger partial charge in [0.25, 0.3) is 0 Å². The molecule has 0 bridgehead atoms. The molecule has 160 valence electrons. The van der Waals surface area contributed by atoms with Crippen LogP contribution in [0.4, 0.5) is 0 Å². The van der Waals surface area contributed by atoms with Crippen molar-refractivity contribution in [3.63, 3.8) is 0 Å². The van der Waals surface area contributed by atoms with Crippen LogP contribution in [0.15, 0.2) is 12.2 Å². The number of carbonyl (C=O) groups is 4. The zero-order valence-corrected chi connectivity index (χ0v) is 18.5. The maximum atomic E-state index is 13.5. The fraction of sp³-hybridized carbons (Fsp3) is 0.727. The average molecular weight is 404 g/mol. The van der Waals surface area contributed by atoms with E-state index < -0.39 is 28.3 Å². The first kappa shape index (κ1) is 21.5. The normalized spacial score (nSPS) is 30.9. The van der Waals surface area contributed by atoms with E-state index >= 15 is 0 Å². The summed E-state index contributed by atoms with van der Waals surface area (Å²) >= 11 is 0. The minimum atomic E-state index is -0.665. The number of likely N-dealkylation sites (tertiary alicyclic amines) is 2. The number of piperidine rings is 1. The maximum absolute atomic E-state index is 13.5. The Hall–Kier alpha value is -2.18. The molecule has 3 amide bonds. The molecule has 0 aromatic rings. The average Bonchev–Trinajstić information content (AvgIpc) is 2.80. The van der Waals surface area contributed by atoms with Crippen LogP contribution >= 0.6 is 0 Å². The van der Waals surface area contributed by atoms with Crippen molar-refractivity contribution in [3.8, 4) is 0 Å². The topological polar surface area (TPSA) is 86.8 Å². The van der Waals surface area contributed by atoms with Crippen LogP contribution in [0.5, 0.6) is 0 Å². The van der Waals surface area contributed by atoms with Gasteiger partial charge in [0.05, 0.1) is 12.0 Å². The van der Waals surface area contributed by atoms with E-state index in [1.807, 2.05) is 47.6 Å². The van der Waals surface area contributed by atoms with E-state index in [1.165, 1.54) is 0 Å². The molecule has 2 unspecified atom stereocenters. The van der Waals surface area contributed by atoms with Crippen molar-refractivity contribution >= 4 is 23.5 Å². The molecule has 3 rings (SSSR count). The standard InChI is InChI=1S/C22H33N3O4/c1-20(2,3)17(18(28)23-21(4,5)6)25-12-22-9-8-13(26)10-15(22)24(7)16(27)11-14(22)19(25)29/h8-9,14-15,17H,10-12H2,1-7H3,(H,23,28)/t14-,15+,17?,22?/m0/s1. The molecule has 1 spiro atoms. The Bertz CT molecular complexity index is 789. The quantitative estimate of drug-likeness (QED) is 0.757. The Balaban J connectivity index is 2.04. The Morgan fingerprint density at radius 3 is 2.31 bits per heavy atom. The number of hydrogen-bond acceptors (Lipinski definition) is 4. The van der Waals surface area contributed by atoms with E-state index in [9.17, 15) is 19.2 Å². The highest BCUT2D eigenvalue weighted by Crippen LogP contribution is 2.52. The van der Waals surface area contributed by atoms with Crippen LogP contribution in [0.3, 0.4) is 0 Å². The summed E-state index contributed by atoms with van der Waals surface area (Å²) < 4.78 is 0. The predicted molar refractivity (Wildman–Crippen MR) is 109 cm³/mol.